The third kappa shape index (κ3) is 2.99. The van der Waals surface area contributed by atoms with E-state index in [0.717, 1.165) is 25.2 Å². The smallest absolute Gasteiger partial charge is 0.223 e. The van der Waals surface area contributed by atoms with E-state index in [4.69, 9.17) is 11.6 Å². The summed E-state index contributed by atoms with van der Waals surface area (Å²) >= 11 is 0. The molecule has 7 nitrogen and oxygen atoms in total. The van der Waals surface area contributed by atoms with Crippen LogP contribution in [0.5, 0.6) is 0 Å². The SMILES string of the molecule is CC1CC(Nc2cc(NN)nc(N)n2)CCN1C. The topological polar surface area (TPSA) is 105 Å². The van der Waals surface area contributed by atoms with Crippen LogP contribution in [0.1, 0.15) is 19.8 Å². The van der Waals surface area contributed by atoms with Crippen molar-refractivity contribution in [1.82, 2.24) is 14.9 Å². The molecule has 2 unspecified atom stereocenters. The molecule has 2 heterocycles. The van der Waals surface area contributed by atoms with Crippen molar-refractivity contribution in [2.45, 2.75) is 31.8 Å². The van der Waals surface area contributed by atoms with Crippen molar-refractivity contribution in [2.24, 2.45) is 5.84 Å². The number of nitrogens with two attached hydrogens (primary N) is 2. The Labute approximate surface area is 107 Å². The summed E-state index contributed by atoms with van der Waals surface area (Å²) in [4.78, 5) is 10.5. The van der Waals surface area contributed by atoms with Crippen LogP contribution in [-0.4, -0.2) is 40.5 Å². The van der Waals surface area contributed by atoms with Crippen LogP contribution in [0.15, 0.2) is 6.07 Å². The van der Waals surface area contributed by atoms with Crippen molar-refractivity contribution < 1.29 is 0 Å². The summed E-state index contributed by atoms with van der Waals surface area (Å²) in [5, 5.41) is 3.39. The van der Waals surface area contributed by atoms with Gasteiger partial charge in [0.2, 0.25) is 5.95 Å². The lowest BCUT2D eigenvalue weighted by atomic mass is 9.99. The molecule has 0 saturated carbocycles. The second-order valence-electron chi connectivity index (χ2n) is 4.84. The number of hydrogen-bond donors (Lipinski definition) is 4. The largest absolute Gasteiger partial charge is 0.368 e. The maximum absolute atomic E-state index is 5.62. The van der Waals surface area contributed by atoms with Crippen LogP contribution in [0.25, 0.3) is 0 Å². The molecule has 0 spiro atoms. The zero-order chi connectivity index (χ0) is 13.1. The summed E-state index contributed by atoms with van der Waals surface area (Å²) < 4.78 is 0. The van der Waals surface area contributed by atoms with E-state index >= 15 is 0 Å². The fraction of sp³-hybridized carbons (Fsp3) is 0.636. The predicted octanol–water partition coefficient (Wildman–Crippen LogP) is 0.239. The molecule has 1 fully saturated rings. The van der Waals surface area contributed by atoms with Gasteiger partial charge in [-0.15, -0.1) is 0 Å². The zero-order valence-electron chi connectivity index (χ0n) is 10.8. The van der Waals surface area contributed by atoms with E-state index in [1.165, 1.54) is 0 Å². The molecule has 100 valence electrons. The summed E-state index contributed by atoms with van der Waals surface area (Å²) in [5.74, 6) is 6.79. The van der Waals surface area contributed by atoms with Crippen molar-refractivity contribution in [1.29, 1.82) is 0 Å². The van der Waals surface area contributed by atoms with Gasteiger partial charge in [-0.2, -0.15) is 9.97 Å². The van der Waals surface area contributed by atoms with Gasteiger partial charge in [0.1, 0.15) is 11.6 Å². The molecule has 1 aromatic heterocycles. The van der Waals surface area contributed by atoms with Crippen molar-refractivity contribution in [2.75, 3.05) is 30.1 Å². The van der Waals surface area contributed by atoms with Gasteiger partial charge in [-0.25, -0.2) is 5.84 Å². The van der Waals surface area contributed by atoms with E-state index in [-0.39, 0.29) is 5.95 Å². The van der Waals surface area contributed by atoms with E-state index < -0.39 is 0 Å². The Hall–Kier alpha value is -1.60. The third-order valence-corrected chi connectivity index (χ3v) is 3.45. The minimum Gasteiger partial charge on any atom is -0.368 e. The summed E-state index contributed by atoms with van der Waals surface area (Å²) in [6.45, 7) is 3.32. The molecule has 1 aromatic rings. The highest BCUT2D eigenvalue weighted by atomic mass is 15.3. The molecule has 1 aliphatic heterocycles. The number of hydrogen-bond acceptors (Lipinski definition) is 7. The van der Waals surface area contributed by atoms with Crippen molar-refractivity contribution in [3.05, 3.63) is 6.07 Å². The molecular formula is C11H21N7. The van der Waals surface area contributed by atoms with Gasteiger partial charge in [0.25, 0.3) is 0 Å². The fourth-order valence-electron chi connectivity index (χ4n) is 2.24. The Balaban J connectivity index is 2.03. The lowest BCUT2D eigenvalue weighted by Crippen LogP contribution is -2.42. The number of anilines is 3. The molecule has 7 heteroatoms. The van der Waals surface area contributed by atoms with Gasteiger partial charge >= 0.3 is 0 Å². The molecule has 0 radical (unpaired) electrons. The standard InChI is InChI=1S/C11H21N7/c1-7-5-8(3-4-18(7)2)14-9-6-10(17-13)16-11(12)15-9/h6-8H,3-5,13H2,1-2H3,(H4,12,14,15,16,17). The number of nitrogen functional groups attached to an aromatic ring is 2. The highest BCUT2D eigenvalue weighted by Gasteiger charge is 2.22. The number of nitrogens with one attached hydrogen (secondary N) is 2. The Morgan fingerprint density at radius 1 is 1.39 bits per heavy atom. The lowest BCUT2D eigenvalue weighted by molar-refractivity contribution is 0.190. The molecular weight excluding hydrogens is 230 g/mol. The van der Waals surface area contributed by atoms with Gasteiger partial charge < -0.3 is 21.4 Å². The average molecular weight is 251 g/mol. The number of nitrogens with zero attached hydrogens (tertiary/aromatic N) is 3. The first kappa shape index (κ1) is 12.8. The number of rotatable bonds is 3. The van der Waals surface area contributed by atoms with E-state index in [0.29, 0.717) is 17.9 Å². The van der Waals surface area contributed by atoms with Crippen molar-refractivity contribution >= 4 is 17.6 Å². The first-order valence-corrected chi connectivity index (χ1v) is 6.16. The Kier molecular flexibility index (Phi) is 3.83. The molecule has 2 rings (SSSR count). The van der Waals surface area contributed by atoms with Gasteiger partial charge in [0.15, 0.2) is 0 Å². The van der Waals surface area contributed by atoms with Gasteiger partial charge in [-0.05, 0) is 26.8 Å². The molecule has 0 aromatic carbocycles. The summed E-state index contributed by atoms with van der Waals surface area (Å²) in [7, 11) is 2.15. The Bertz CT molecular complexity index is 408. The molecule has 0 aliphatic carbocycles. The van der Waals surface area contributed by atoms with Gasteiger partial charge in [-0.1, -0.05) is 0 Å². The molecule has 1 aliphatic rings. The van der Waals surface area contributed by atoms with Crippen molar-refractivity contribution in [3.63, 3.8) is 0 Å². The molecule has 1 saturated heterocycles. The van der Waals surface area contributed by atoms with E-state index in [2.05, 4.69) is 39.6 Å². The Morgan fingerprint density at radius 2 is 2.11 bits per heavy atom. The van der Waals surface area contributed by atoms with E-state index in [9.17, 15) is 0 Å². The molecule has 6 N–H and O–H groups in total. The second-order valence-corrected chi connectivity index (χ2v) is 4.84. The average Bonchev–Trinajstić information content (AvgIpc) is 2.33. The minimum atomic E-state index is 0.217. The maximum Gasteiger partial charge on any atom is 0.223 e. The molecule has 18 heavy (non-hydrogen) atoms. The van der Waals surface area contributed by atoms with Gasteiger partial charge in [0, 0.05) is 24.7 Å². The highest BCUT2D eigenvalue weighted by molar-refractivity contribution is 5.50. The Morgan fingerprint density at radius 3 is 2.78 bits per heavy atom. The van der Waals surface area contributed by atoms with E-state index in [1.54, 1.807) is 6.07 Å². The van der Waals surface area contributed by atoms with Crippen LogP contribution >= 0.6 is 0 Å². The second kappa shape index (κ2) is 5.36. The first-order chi connectivity index (χ1) is 8.58. The lowest BCUT2D eigenvalue weighted by Gasteiger charge is -2.35. The maximum atomic E-state index is 5.62. The monoisotopic (exact) mass is 251 g/mol. The summed E-state index contributed by atoms with van der Waals surface area (Å²) in [6.07, 6.45) is 2.18. The number of likely N-dealkylation sites (tertiary alicyclic amines) is 1. The highest BCUT2D eigenvalue weighted by Crippen LogP contribution is 2.20. The minimum absolute atomic E-state index is 0.217. The van der Waals surface area contributed by atoms with Crippen LogP contribution < -0.4 is 22.3 Å². The number of hydrazine groups is 1. The summed E-state index contributed by atoms with van der Waals surface area (Å²) in [6, 6.07) is 2.75. The first-order valence-electron chi connectivity index (χ1n) is 6.16. The molecule has 2 atom stereocenters. The van der Waals surface area contributed by atoms with Crippen LogP contribution in [0.4, 0.5) is 17.6 Å². The van der Waals surface area contributed by atoms with Crippen LogP contribution in [0, 0.1) is 0 Å². The van der Waals surface area contributed by atoms with Gasteiger partial charge in [0.05, 0.1) is 0 Å². The normalized spacial score (nSPS) is 24.8. The number of aromatic nitrogens is 2. The van der Waals surface area contributed by atoms with Crippen molar-refractivity contribution in [3.8, 4) is 0 Å². The fourth-order valence-corrected chi connectivity index (χ4v) is 2.24. The van der Waals surface area contributed by atoms with E-state index in [1.807, 2.05) is 0 Å². The van der Waals surface area contributed by atoms with Gasteiger partial charge in [-0.3, -0.25) is 0 Å². The predicted molar refractivity (Wildman–Crippen MR) is 73.0 cm³/mol. The van der Waals surface area contributed by atoms with Crippen LogP contribution in [-0.2, 0) is 0 Å². The summed E-state index contributed by atoms with van der Waals surface area (Å²) in [5.41, 5.74) is 8.11. The van der Waals surface area contributed by atoms with Crippen LogP contribution in [0.3, 0.4) is 0 Å². The third-order valence-electron chi connectivity index (χ3n) is 3.45. The molecule has 0 amide bonds. The molecule has 0 bridgehead atoms. The zero-order valence-corrected chi connectivity index (χ0v) is 10.8. The van der Waals surface area contributed by atoms with Crippen LogP contribution in [0.2, 0.25) is 0 Å². The number of piperidine rings is 1. The quantitative estimate of drug-likeness (QED) is 0.450.